The average molecular weight is 278 g/mol. The molecule has 0 aliphatic heterocycles. The Hall–Kier alpha value is -1.57. The van der Waals surface area contributed by atoms with Gasteiger partial charge in [0.1, 0.15) is 11.1 Å². The first-order chi connectivity index (χ1) is 8.53. The van der Waals surface area contributed by atoms with Gasteiger partial charge < -0.3 is 5.32 Å². The second-order valence-electron chi connectivity index (χ2n) is 4.39. The Balaban J connectivity index is 2.25. The molecule has 0 aliphatic rings. The standard InChI is InChI=1S/C13H12ClN3S/c1-13(2,12-16-5-6-18-12)17-10-4-3-9(8-15)11(14)7-10/h3-7,17H,1-2H3. The van der Waals surface area contributed by atoms with E-state index in [9.17, 15) is 0 Å². The molecule has 2 rings (SSSR count). The highest BCUT2D eigenvalue weighted by Gasteiger charge is 2.23. The van der Waals surface area contributed by atoms with Gasteiger partial charge in [-0.25, -0.2) is 4.98 Å². The topological polar surface area (TPSA) is 48.7 Å². The number of hydrogen-bond acceptors (Lipinski definition) is 4. The summed E-state index contributed by atoms with van der Waals surface area (Å²) >= 11 is 7.61. The molecule has 1 heterocycles. The number of thiazole rings is 1. The normalized spacial score (nSPS) is 11.0. The lowest BCUT2D eigenvalue weighted by Gasteiger charge is -2.25. The van der Waals surface area contributed by atoms with Gasteiger partial charge in [-0.2, -0.15) is 5.26 Å². The molecule has 5 heteroatoms. The van der Waals surface area contributed by atoms with Crippen molar-refractivity contribution in [2.75, 3.05) is 5.32 Å². The Morgan fingerprint density at radius 3 is 2.78 bits per heavy atom. The maximum Gasteiger partial charge on any atom is 0.117 e. The molecule has 0 amide bonds. The smallest absolute Gasteiger partial charge is 0.117 e. The van der Waals surface area contributed by atoms with Gasteiger partial charge in [0.05, 0.1) is 16.1 Å². The van der Waals surface area contributed by atoms with Crippen LogP contribution in [0.15, 0.2) is 29.8 Å². The number of anilines is 1. The molecule has 0 bridgehead atoms. The molecule has 0 atom stereocenters. The van der Waals surface area contributed by atoms with Crippen molar-refractivity contribution in [3.05, 3.63) is 45.4 Å². The Bertz CT molecular complexity index is 585. The average Bonchev–Trinajstić information content (AvgIpc) is 2.82. The third kappa shape index (κ3) is 2.63. The maximum atomic E-state index is 8.83. The third-order valence-electron chi connectivity index (χ3n) is 2.51. The van der Waals surface area contributed by atoms with Crippen LogP contribution >= 0.6 is 22.9 Å². The second-order valence-corrected chi connectivity index (χ2v) is 5.70. The van der Waals surface area contributed by atoms with E-state index in [0.717, 1.165) is 10.7 Å². The Kier molecular flexibility index (Phi) is 3.55. The molecule has 0 spiro atoms. The van der Waals surface area contributed by atoms with Gasteiger partial charge in [0.15, 0.2) is 0 Å². The highest BCUT2D eigenvalue weighted by Crippen LogP contribution is 2.29. The lowest BCUT2D eigenvalue weighted by Crippen LogP contribution is -2.27. The predicted octanol–water partition coefficient (Wildman–Crippen LogP) is 4.02. The van der Waals surface area contributed by atoms with E-state index in [1.54, 1.807) is 29.7 Å². The summed E-state index contributed by atoms with van der Waals surface area (Å²) in [6.45, 7) is 4.11. The molecule has 18 heavy (non-hydrogen) atoms. The van der Waals surface area contributed by atoms with Crippen LogP contribution in [0, 0.1) is 11.3 Å². The van der Waals surface area contributed by atoms with E-state index in [0.29, 0.717) is 10.6 Å². The zero-order chi connectivity index (χ0) is 13.2. The number of benzene rings is 1. The number of hydrogen-bond donors (Lipinski definition) is 1. The lowest BCUT2D eigenvalue weighted by molar-refractivity contribution is 0.604. The number of halogens is 1. The minimum absolute atomic E-state index is 0.272. The molecule has 1 aromatic heterocycles. The van der Waals surface area contributed by atoms with E-state index in [2.05, 4.69) is 24.1 Å². The quantitative estimate of drug-likeness (QED) is 0.922. The summed E-state index contributed by atoms with van der Waals surface area (Å²) < 4.78 is 0. The summed E-state index contributed by atoms with van der Waals surface area (Å²) in [4.78, 5) is 4.31. The van der Waals surface area contributed by atoms with Crippen molar-refractivity contribution < 1.29 is 0 Å². The number of aromatic nitrogens is 1. The van der Waals surface area contributed by atoms with E-state index in [-0.39, 0.29) is 5.54 Å². The van der Waals surface area contributed by atoms with Crippen molar-refractivity contribution in [3.63, 3.8) is 0 Å². The lowest BCUT2D eigenvalue weighted by atomic mass is 10.1. The van der Waals surface area contributed by atoms with Gasteiger partial charge in [0.2, 0.25) is 0 Å². The first-order valence-electron chi connectivity index (χ1n) is 5.41. The summed E-state index contributed by atoms with van der Waals surface area (Å²) in [6, 6.07) is 7.36. The highest BCUT2D eigenvalue weighted by molar-refractivity contribution is 7.09. The first kappa shape index (κ1) is 12.9. The summed E-state index contributed by atoms with van der Waals surface area (Å²) in [6.07, 6.45) is 1.79. The van der Waals surface area contributed by atoms with Gasteiger partial charge in [-0.1, -0.05) is 11.6 Å². The second kappa shape index (κ2) is 4.97. The van der Waals surface area contributed by atoms with Gasteiger partial charge in [-0.15, -0.1) is 11.3 Å². The SMILES string of the molecule is CC(C)(Nc1ccc(C#N)c(Cl)c1)c1nccs1. The summed E-state index contributed by atoms with van der Waals surface area (Å²) in [5.74, 6) is 0. The Morgan fingerprint density at radius 2 is 2.22 bits per heavy atom. The molecule has 0 unspecified atom stereocenters. The van der Waals surface area contributed by atoms with Crippen molar-refractivity contribution in [1.82, 2.24) is 4.98 Å². The van der Waals surface area contributed by atoms with E-state index < -0.39 is 0 Å². The van der Waals surface area contributed by atoms with E-state index in [1.165, 1.54) is 0 Å². The molecule has 0 fully saturated rings. The van der Waals surface area contributed by atoms with Crippen molar-refractivity contribution in [2.45, 2.75) is 19.4 Å². The molecule has 0 radical (unpaired) electrons. The number of rotatable bonds is 3. The summed E-state index contributed by atoms with van der Waals surface area (Å²) in [5.41, 5.74) is 1.08. The minimum atomic E-state index is -0.272. The summed E-state index contributed by atoms with van der Waals surface area (Å²) in [5, 5.41) is 15.6. The fraction of sp³-hybridized carbons (Fsp3) is 0.231. The van der Waals surface area contributed by atoms with Crippen LogP contribution in [-0.4, -0.2) is 4.98 Å². The molecule has 0 aliphatic carbocycles. The largest absolute Gasteiger partial charge is 0.374 e. The van der Waals surface area contributed by atoms with Crippen molar-refractivity contribution in [3.8, 4) is 6.07 Å². The zero-order valence-corrected chi connectivity index (χ0v) is 11.6. The van der Waals surface area contributed by atoms with Crippen LogP contribution in [0.2, 0.25) is 5.02 Å². The molecule has 0 saturated heterocycles. The fourth-order valence-electron chi connectivity index (χ4n) is 1.63. The molecular weight excluding hydrogens is 266 g/mol. The number of nitrogens with zero attached hydrogens (tertiary/aromatic N) is 2. The van der Waals surface area contributed by atoms with Crippen molar-refractivity contribution in [1.29, 1.82) is 5.26 Å². The van der Waals surface area contributed by atoms with Crippen LogP contribution in [0.1, 0.15) is 24.4 Å². The number of nitriles is 1. The Labute approximate surface area is 115 Å². The van der Waals surface area contributed by atoms with Crippen LogP contribution in [0.4, 0.5) is 5.69 Å². The van der Waals surface area contributed by atoms with Crippen LogP contribution in [0.3, 0.4) is 0 Å². The van der Waals surface area contributed by atoms with Gasteiger partial charge in [0.25, 0.3) is 0 Å². The summed E-state index contributed by atoms with van der Waals surface area (Å²) in [7, 11) is 0. The fourth-order valence-corrected chi connectivity index (χ4v) is 2.57. The van der Waals surface area contributed by atoms with Crippen LogP contribution in [0.5, 0.6) is 0 Å². The van der Waals surface area contributed by atoms with E-state index in [4.69, 9.17) is 16.9 Å². The van der Waals surface area contributed by atoms with E-state index in [1.807, 2.05) is 17.5 Å². The minimum Gasteiger partial charge on any atom is -0.374 e. The molecule has 1 aromatic carbocycles. The van der Waals surface area contributed by atoms with Crippen LogP contribution < -0.4 is 5.32 Å². The Morgan fingerprint density at radius 1 is 1.44 bits per heavy atom. The molecule has 2 aromatic rings. The number of nitrogens with one attached hydrogen (secondary N) is 1. The van der Waals surface area contributed by atoms with Gasteiger partial charge >= 0.3 is 0 Å². The van der Waals surface area contributed by atoms with Crippen LogP contribution in [-0.2, 0) is 5.54 Å². The molecule has 0 saturated carbocycles. The van der Waals surface area contributed by atoms with E-state index >= 15 is 0 Å². The highest BCUT2D eigenvalue weighted by atomic mass is 35.5. The van der Waals surface area contributed by atoms with Crippen molar-refractivity contribution in [2.24, 2.45) is 0 Å². The molecule has 3 nitrogen and oxygen atoms in total. The zero-order valence-electron chi connectivity index (χ0n) is 10.1. The van der Waals surface area contributed by atoms with Gasteiger partial charge in [0, 0.05) is 17.3 Å². The predicted molar refractivity (Wildman–Crippen MR) is 74.9 cm³/mol. The molecule has 92 valence electrons. The monoisotopic (exact) mass is 277 g/mol. The van der Waals surface area contributed by atoms with Gasteiger partial charge in [-0.05, 0) is 32.0 Å². The molecule has 1 N–H and O–H groups in total. The van der Waals surface area contributed by atoms with Crippen molar-refractivity contribution >= 4 is 28.6 Å². The van der Waals surface area contributed by atoms with Gasteiger partial charge in [-0.3, -0.25) is 0 Å². The first-order valence-corrected chi connectivity index (χ1v) is 6.66. The van der Waals surface area contributed by atoms with Crippen LogP contribution in [0.25, 0.3) is 0 Å². The molecular formula is C13H12ClN3S. The third-order valence-corrected chi connectivity index (χ3v) is 3.92. The maximum absolute atomic E-state index is 8.83.